The van der Waals surface area contributed by atoms with Crippen LogP contribution in [0.3, 0.4) is 0 Å². The van der Waals surface area contributed by atoms with Gasteiger partial charge in [0.2, 0.25) is 5.91 Å². The highest BCUT2D eigenvalue weighted by Gasteiger charge is 2.28. The van der Waals surface area contributed by atoms with Gasteiger partial charge in [-0.3, -0.25) is 4.79 Å². The van der Waals surface area contributed by atoms with Crippen molar-refractivity contribution >= 4 is 49.3 Å². The minimum absolute atomic E-state index is 0.0155. The molecule has 1 atom stereocenters. The van der Waals surface area contributed by atoms with Crippen molar-refractivity contribution in [1.29, 1.82) is 5.26 Å². The quantitative estimate of drug-likeness (QED) is 0.310. The molecule has 0 radical (unpaired) electrons. The number of anilines is 2. The molecule has 2 aliphatic rings. The number of carbonyl (C=O) groups is 1. The second-order valence-electron chi connectivity index (χ2n) is 10.7. The van der Waals surface area contributed by atoms with Crippen LogP contribution in [0.15, 0.2) is 30.9 Å². The van der Waals surface area contributed by atoms with Crippen molar-refractivity contribution in [3.8, 4) is 23.2 Å². The Kier molecular flexibility index (Phi) is 7.81. The summed E-state index contributed by atoms with van der Waals surface area (Å²) in [6.07, 6.45) is 3.21. The van der Waals surface area contributed by atoms with Gasteiger partial charge in [0.05, 0.1) is 22.7 Å². The van der Waals surface area contributed by atoms with E-state index in [1.165, 1.54) is 18.2 Å². The van der Waals surface area contributed by atoms with Crippen molar-refractivity contribution in [2.45, 2.75) is 25.3 Å². The van der Waals surface area contributed by atoms with E-state index in [-0.39, 0.29) is 50.8 Å². The van der Waals surface area contributed by atoms with E-state index in [0.717, 1.165) is 30.7 Å². The van der Waals surface area contributed by atoms with Crippen LogP contribution in [0.4, 0.5) is 19.7 Å². The molecule has 6 rings (SSSR count). The minimum Gasteiger partial charge on any atom is -0.462 e. The molecule has 2 aliphatic heterocycles. The van der Waals surface area contributed by atoms with Gasteiger partial charge in [-0.25, -0.2) is 13.8 Å². The molecule has 10 nitrogen and oxygen atoms in total. The molecule has 2 N–H and O–H groups in total. The molecule has 0 saturated carbocycles. The number of nitriles is 1. The average molecular weight is 605 g/mol. The first-order chi connectivity index (χ1) is 20.8. The summed E-state index contributed by atoms with van der Waals surface area (Å²) in [6, 6.07) is 6.76. The maximum atomic E-state index is 16.8. The monoisotopic (exact) mass is 604 g/mol. The van der Waals surface area contributed by atoms with Crippen LogP contribution < -0.4 is 15.4 Å². The molecule has 0 unspecified atom stereocenters. The topological polar surface area (TPSA) is 124 Å². The normalized spacial score (nSPS) is 17.5. The summed E-state index contributed by atoms with van der Waals surface area (Å²) in [5, 5.41) is 10.3. The first-order valence-corrected chi connectivity index (χ1v) is 14.8. The van der Waals surface area contributed by atoms with Gasteiger partial charge in [-0.05, 0) is 56.3 Å². The van der Waals surface area contributed by atoms with Gasteiger partial charge in [-0.15, -0.1) is 0 Å². The molecule has 1 amide bonds. The van der Waals surface area contributed by atoms with Crippen molar-refractivity contribution in [2.24, 2.45) is 0 Å². The number of nitrogens with two attached hydrogens (primary N) is 1. The Hall–Kier alpha value is -4.41. The van der Waals surface area contributed by atoms with Crippen molar-refractivity contribution in [3.63, 3.8) is 0 Å². The number of rotatable bonds is 7. The number of hydrogen-bond donors (Lipinski definition) is 1. The standard InChI is InChI=1S/C30H30F2N8O2S/c1-3-22(41)39-11-13-40(14-12-39)28-20-15-17(8-9-33)23(19-6-7-21(31)27-26(19)35-29(34)43-27)24(32)25(20)36-30(37-28)42-16-18-5-4-10-38(18)2/h3,6-7,15,18H,1,4-5,8,10-14,16H2,2H3,(H2,34,35)/t18-/m0/s1. The Morgan fingerprint density at radius 1 is 1.21 bits per heavy atom. The summed E-state index contributed by atoms with van der Waals surface area (Å²) in [5.74, 6) is -0.897. The molecule has 4 heterocycles. The van der Waals surface area contributed by atoms with Crippen LogP contribution >= 0.6 is 11.3 Å². The number of amides is 1. The van der Waals surface area contributed by atoms with Crippen LogP contribution in [0.2, 0.25) is 0 Å². The molecule has 222 valence electrons. The summed E-state index contributed by atoms with van der Waals surface area (Å²) in [4.78, 5) is 31.6. The lowest BCUT2D eigenvalue weighted by molar-refractivity contribution is -0.126. The molecule has 2 fully saturated rings. The van der Waals surface area contributed by atoms with E-state index in [9.17, 15) is 14.4 Å². The number of ether oxygens (including phenoxy) is 1. The van der Waals surface area contributed by atoms with Crippen LogP contribution in [0.5, 0.6) is 6.01 Å². The summed E-state index contributed by atoms with van der Waals surface area (Å²) < 4.78 is 37.8. The zero-order valence-corrected chi connectivity index (χ0v) is 24.5. The van der Waals surface area contributed by atoms with Crippen molar-refractivity contribution in [3.05, 3.63) is 48.1 Å². The number of thiazole rings is 1. The molecule has 2 aromatic carbocycles. The van der Waals surface area contributed by atoms with Crippen LogP contribution in [0.25, 0.3) is 32.2 Å². The molecule has 4 aromatic rings. The molecular weight excluding hydrogens is 574 g/mol. The third kappa shape index (κ3) is 5.32. The lowest BCUT2D eigenvalue weighted by atomic mass is 9.94. The predicted octanol–water partition coefficient (Wildman–Crippen LogP) is 4.14. The summed E-state index contributed by atoms with van der Waals surface area (Å²) in [7, 11) is 2.04. The number of nitrogens with zero attached hydrogens (tertiary/aromatic N) is 7. The number of aromatic nitrogens is 3. The Bertz CT molecular complexity index is 1780. The highest BCUT2D eigenvalue weighted by molar-refractivity contribution is 7.22. The lowest BCUT2D eigenvalue weighted by Crippen LogP contribution is -2.48. The summed E-state index contributed by atoms with van der Waals surface area (Å²) >= 11 is 0.976. The fraction of sp³-hybridized carbons (Fsp3) is 0.367. The van der Waals surface area contributed by atoms with Gasteiger partial charge in [0.15, 0.2) is 10.9 Å². The molecule has 13 heteroatoms. The maximum Gasteiger partial charge on any atom is 0.319 e. The second kappa shape index (κ2) is 11.7. The largest absolute Gasteiger partial charge is 0.462 e. The number of nitrogen functional groups attached to an aromatic ring is 1. The van der Waals surface area contributed by atoms with Crippen molar-refractivity contribution in [2.75, 3.05) is 57.0 Å². The van der Waals surface area contributed by atoms with Gasteiger partial charge in [-0.2, -0.15) is 15.2 Å². The predicted molar refractivity (Wildman–Crippen MR) is 162 cm³/mol. The van der Waals surface area contributed by atoms with E-state index >= 15 is 4.39 Å². The Morgan fingerprint density at radius 3 is 2.70 bits per heavy atom. The maximum absolute atomic E-state index is 16.8. The molecule has 43 heavy (non-hydrogen) atoms. The molecule has 2 saturated heterocycles. The first-order valence-electron chi connectivity index (χ1n) is 14.0. The average Bonchev–Trinajstić information content (AvgIpc) is 3.62. The van der Waals surface area contributed by atoms with Crippen molar-refractivity contribution < 1.29 is 18.3 Å². The summed E-state index contributed by atoms with van der Waals surface area (Å²) in [6.45, 7) is 6.66. The first kappa shape index (κ1) is 28.7. The fourth-order valence-corrected chi connectivity index (χ4v) is 6.65. The number of benzene rings is 2. The van der Waals surface area contributed by atoms with Gasteiger partial charge < -0.3 is 25.2 Å². The fourth-order valence-electron chi connectivity index (χ4n) is 5.89. The van der Waals surface area contributed by atoms with Gasteiger partial charge in [-0.1, -0.05) is 17.9 Å². The van der Waals surface area contributed by atoms with Crippen LogP contribution in [-0.4, -0.2) is 83.1 Å². The SMILES string of the molecule is C=CC(=O)N1CCN(c2nc(OC[C@@H]3CCCN3C)nc3c(F)c(-c4ccc(F)c5sc(N)nc45)c(CC#N)cc23)CC1. The van der Waals surface area contributed by atoms with Gasteiger partial charge in [0, 0.05) is 48.7 Å². The smallest absolute Gasteiger partial charge is 0.319 e. The van der Waals surface area contributed by atoms with E-state index in [2.05, 4.69) is 27.5 Å². The Labute approximate surface area is 251 Å². The molecule has 2 aromatic heterocycles. The third-order valence-electron chi connectivity index (χ3n) is 8.16. The minimum atomic E-state index is -0.686. The van der Waals surface area contributed by atoms with E-state index in [0.29, 0.717) is 55.1 Å². The van der Waals surface area contributed by atoms with Crippen LogP contribution in [-0.2, 0) is 11.2 Å². The number of likely N-dealkylation sites (N-methyl/N-ethyl adjacent to an activating group) is 1. The molecule has 0 aliphatic carbocycles. The lowest BCUT2D eigenvalue weighted by Gasteiger charge is -2.35. The molecule has 0 spiro atoms. The van der Waals surface area contributed by atoms with E-state index < -0.39 is 11.6 Å². The van der Waals surface area contributed by atoms with Crippen LogP contribution in [0, 0.1) is 23.0 Å². The third-order valence-corrected chi connectivity index (χ3v) is 9.06. The van der Waals surface area contributed by atoms with E-state index in [1.54, 1.807) is 11.0 Å². The molecule has 0 bridgehead atoms. The van der Waals surface area contributed by atoms with Gasteiger partial charge >= 0.3 is 6.01 Å². The zero-order chi connectivity index (χ0) is 30.2. The van der Waals surface area contributed by atoms with Gasteiger partial charge in [0.1, 0.15) is 23.8 Å². The van der Waals surface area contributed by atoms with Crippen molar-refractivity contribution in [1.82, 2.24) is 24.8 Å². The number of piperazine rings is 1. The number of hydrogen-bond acceptors (Lipinski definition) is 10. The highest BCUT2D eigenvalue weighted by Crippen LogP contribution is 2.41. The number of carbonyl (C=O) groups excluding carboxylic acids is 1. The summed E-state index contributed by atoms with van der Waals surface area (Å²) in [5.41, 5.74) is 6.96. The number of fused-ring (bicyclic) bond motifs is 2. The number of halogens is 2. The van der Waals surface area contributed by atoms with Crippen LogP contribution in [0.1, 0.15) is 18.4 Å². The molecular formula is C30H30F2N8O2S. The Balaban J connectivity index is 1.51. The second-order valence-corrected chi connectivity index (χ2v) is 11.7. The Morgan fingerprint density at radius 2 is 2.00 bits per heavy atom. The number of likely N-dealkylation sites (tertiary alicyclic amines) is 1. The highest BCUT2D eigenvalue weighted by atomic mass is 32.1. The van der Waals surface area contributed by atoms with E-state index in [4.69, 9.17) is 15.5 Å². The van der Waals surface area contributed by atoms with Gasteiger partial charge in [0.25, 0.3) is 0 Å². The van der Waals surface area contributed by atoms with E-state index in [1.807, 2.05) is 11.9 Å². The zero-order valence-electron chi connectivity index (χ0n) is 23.6.